The number of likely N-dealkylation sites (tertiary alicyclic amines) is 1. The number of β-amino-alcohol motifs (C(OH)–C–C–N with tert-alkyl or cyclic N) is 1. The monoisotopic (exact) mass is 282 g/mol. The van der Waals surface area contributed by atoms with Crippen LogP contribution in [0.2, 0.25) is 5.02 Å². The van der Waals surface area contributed by atoms with Gasteiger partial charge in [-0.25, -0.2) is 0 Å². The molecule has 0 aliphatic carbocycles. The lowest BCUT2D eigenvalue weighted by Gasteiger charge is -2.29. The number of piperidine rings is 1. The summed E-state index contributed by atoms with van der Waals surface area (Å²) in [4.78, 5) is 13.8. The van der Waals surface area contributed by atoms with E-state index in [0.717, 1.165) is 24.9 Å². The van der Waals surface area contributed by atoms with E-state index in [4.69, 9.17) is 11.6 Å². The number of amides is 1. The molecule has 1 atom stereocenters. The molecule has 1 aromatic carbocycles. The summed E-state index contributed by atoms with van der Waals surface area (Å²) in [6, 6.07) is 7.44. The first-order valence-corrected chi connectivity index (χ1v) is 6.93. The Balaban J connectivity index is 1.75. The van der Waals surface area contributed by atoms with Crippen molar-refractivity contribution >= 4 is 17.5 Å². The maximum Gasteiger partial charge on any atom is 0.234 e. The minimum Gasteiger partial charge on any atom is -0.392 e. The van der Waals surface area contributed by atoms with E-state index in [-0.39, 0.29) is 12.0 Å². The molecule has 1 unspecified atom stereocenters. The molecular formula is C14H19ClN2O2. The molecule has 0 radical (unpaired) electrons. The van der Waals surface area contributed by atoms with Crippen molar-refractivity contribution in [2.45, 2.75) is 25.5 Å². The molecule has 1 aliphatic heterocycles. The molecule has 5 heteroatoms. The van der Waals surface area contributed by atoms with Crippen molar-refractivity contribution < 1.29 is 9.90 Å². The third-order valence-corrected chi connectivity index (χ3v) is 3.46. The first kappa shape index (κ1) is 14.3. The predicted molar refractivity (Wildman–Crippen MR) is 75.0 cm³/mol. The van der Waals surface area contributed by atoms with Gasteiger partial charge in [-0.15, -0.1) is 0 Å². The largest absolute Gasteiger partial charge is 0.392 e. The van der Waals surface area contributed by atoms with Crippen LogP contribution in [-0.4, -0.2) is 41.7 Å². The van der Waals surface area contributed by atoms with Crippen LogP contribution in [0.1, 0.15) is 18.4 Å². The zero-order valence-electron chi connectivity index (χ0n) is 10.8. The lowest BCUT2D eigenvalue weighted by molar-refractivity contribution is -0.123. The van der Waals surface area contributed by atoms with Crippen LogP contribution in [0.3, 0.4) is 0 Å². The highest BCUT2D eigenvalue weighted by atomic mass is 35.5. The van der Waals surface area contributed by atoms with Crippen LogP contribution in [0.4, 0.5) is 0 Å². The molecule has 1 fully saturated rings. The average Bonchev–Trinajstić information content (AvgIpc) is 2.36. The van der Waals surface area contributed by atoms with Crippen molar-refractivity contribution in [3.63, 3.8) is 0 Å². The molecule has 0 bridgehead atoms. The van der Waals surface area contributed by atoms with Crippen LogP contribution in [0.25, 0.3) is 0 Å². The summed E-state index contributed by atoms with van der Waals surface area (Å²) in [5.41, 5.74) is 0.986. The molecule has 2 rings (SSSR count). The molecule has 1 amide bonds. The SMILES string of the molecule is O=C(CN1CCCC(O)C1)NCc1cccc(Cl)c1. The van der Waals surface area contributed by atoms with Crippen molar-refractivity contribution in [2.75, 3.05) is 19.6 Å². The van der Waals surface area contributed by atoms with Gasteiger partial charge in [0, 0.05) is 18.1 Å². The van der Waals surface area contributed by atoms with Gasteiger partial charge in [0.05, 0.1) is 12.6 Å². The Labute approximate surface area is 118 Å². The van der Waals surface area contributed by atoms with Gasteiger partial charge in [-0.2, -0.15) is 0 Å². The molecule has 1 aromatic rings. The smallest absolute Gasteiger partial charge is 0.234 e. The van der Waals surface area contributed by atoms with Crippen molar-refractivity contribution in [3.8, 4) is 0 Å². The highest BCUT2D eigenvalue weighted by Crippen LogP contribution is 2.11. The zero-order chi connectivity index (χ0) is 13.7. The van der Waals surface area contributed by atoms with E-state index in [1.165, 1.54) is 0 Å². The summed E-state index contributed by atoms with van der Waals surface area (Å²) in [5.74, 6) is -0.0194. The number of carbonyl (C=O) groups is 1. The number of aliphatic hydroxyl groups is 1. The summed E-state index contributed by atoms with van der Waals surface area (Å²) in [6.45, 7) is 2.29. The Hall–Kier alpha value is -1.10. The Morgan fingerprint density at radius 1 is 1.53 bits per heavy atom. The molecule has 0 spiro atoms. The van der Waals surface area contributed by atoms with Gasteiger partial charge in [-0.05, 0) is 37.1 Å². The van der Waals surface area contributed by atoms with E-state index < -0.39 is 0 Å². The number of carbonyl (C=O) groups excluding carboxylic acids is 1. The summed E-state index contributed by atoms with van der Waals surface area (Å²) in [7, 11) is 0. The van der Waals surface area contributed by atoms with Gasteiger partial charge in [0.1, 0.15) is 0 Å². The van der Waals surface area contributed by atoms with Crippen molar-refractivity contribution in [1.82, 2.24) is 10.2 Å². The van der Waals surface area contributed by atoms with Gasteiger partial charge in [-0.3, -0.25) is 9.69 Å². The van der Waals surface area contributed by atoms with Gasteiger partial charge < -0.3 is 10.4 Å². The van der Waals surface area contributed by atoms with Gasteiger partial charge in [0.15, 0.2) is 0 Å². The molecule has 1 heterocycles. The number of benzene rings is 1. The summed E-state index contributed by atoms with van der Waals surface area (Å²) < 4.78 is 0. The van der Waals surface area contributed by atoms with Gasteiger partial charge in [0.2, 0.25) is 5.91 Å². The molecule has 1 saturated heterocycles. The second kappa shape index (κ2) is 6.89. The average molecular weight is 283 g/mol. The molecule has 2 N–H and O–H groups in total. The molecule has 0 aromatic heterocycles. The quantitative estimate of drug-likeness (QED) is 0.878. The lowest BCUT2D eigenvalue weighted by Crippen LogP contribution is -2.44. The molecule has 0 saturated carbocycles. The Morgan fingerprint density at radius 2 is 2.37 bits per heavy atom. The number of hydrogen-bond donors (Lipinski definition) is 2. The van der Waals surface area contributed by atoms with E-state index in [2.05, 4.69) is 5.32 Å². The van der Waals surface area contributed by atoms with Gasteiger partial charge in [-0.1, -0.05) is 23.7 Å². The highest BCUT2D eigenvalue weighted by Gasteiger charge is 2.19. The van der Waals surface area contributed by atoms with Crippen LogP contribution in [-0.2, 0) is 11.3 Å². The number of rotatable bonds is 4. The minimum atomic E-state index is -0.297. The lowest BCUT2D eigenvalue weighted by atomic mass is 10.1. The topological polar surface area (TPSA) is 52.6 Å². The first-order chi connectivity index (χ1) is 9.13. The summed E-state index contributed by atoms with van der Waals surface area (Å²) in [5, 5.41) is 13.1. The van der Waals surface area contributed by atoms with E-state index in [9.17, 15) is 9.90 Å². The minimum absolute atomic E-state index is 0.0194. The fourth-order valence-corrected chi connectivity index (χ4v) is 2.49. The fraction of sp³-hybridized carbons (Fsp3) is 0.500. The number of aliphatic hydroxyl groups excluding tert-OH is 1. The zero-order valence-corrected chi connectivity index (χ0v) is 11.6. The van der Waals surface area contributed by atoms with Crippen LogP contribution in [0.15, 0.2) is 24.3 Å². The Bertz CT molecular complexity index is 439. The van der Waals surface area contributed by atoms with Crippen molar-refractivity contribution in [3.05, 3.63) is 34.9 Å². The maximum absolute atomic E-state index is 11.8. The van der Waals surface area contributed by atoms with Crippen molar-refractivity contribution in [2.24, 2.45) is 0 Å². The maximum atomic E-state index is 11.8. The normalized spacial score (nSPS) is 20.2. The molecule has 19 heavy (non-hydrogen) atoms. The van der Waals surface area contributed by atoms with Crippen LogP contribution < -0.4 is 5.32 Å². The van der Waals surface area contributed by atoms with E-state index >= 15 is 0 Å². The summed E-state index contributed by atoms with van der Waals surface area (Å²) >= 11 is 5.88. The Morgan fingerprint density at radius 3 is 3.11 bits per heavy atom. The number of hydrogen-bond acceptors (Lipinski definition) is 3. The van der Waals surface area contributed by atoms with E-state index in [1.807, 2.05) is 29.2 Å². The van der Waals surface area contributed by atoms with Crippen LogP contribution in [0, 0.1) is 0 Å². The third-order valence-electron chi connectivity index (χ3n) is 3.23. The van der Waals surface area contributed by atoms with Crippen LogP contribution >= 0.6 is 11.6 Å². The second-order valence-electron chi connectivity index (χ2n) is 4.94. The van der Waals surface area contributed by atoms with E-state index in [0.29, 0.717) is 24.7 Å². The molecular weight excluding hydrogens is 264 g/mol. The fourth-order valence-electron chi connectivity index (χ4n) is 2.28. The Kier molecular flexibility index (Phi) is 5.19. The summed E-state index contributed by atoms with van der Waals surface area (Å²) in [6.07, 6.45) is 1.48. The van der Waals surface area contributed by atoms with Gasteiger partial charge >= 0.3 is 0 Å². The highest BCUT2D eigenvalue weighted by molar-refractivity contribution is 6.30. The molecule has 104 valence electrons. The number of nitrogens with zero attached hydrogens (tertiary/aromatic N) is 1. The molecule has 4 nitrogen and oxygen atoms in total. The predicted octanol–water partition coefficient (Wildman–Crippen LogP) is 1.41. The van der Waals surface area contributed by atoms with Crippen molar-refractivity contribution in [1.29, 1.82) is 0 Å². The first-order valence-electron chi connectivity index (χ1n) is 6.55. The van der Waals surface area contributed by atoms with Crippen LogP contribution in [0.5, 0.6) is 0 Å². The van der Waals surface area contributed by atoms with E-state index in [1.54, 1.807) is 0 Å². The third kappa shape index (κ3) is 4.82. The molecule has 1 aliphatic rings. The van der Waals surface area contributed by atoms with Gasteiger partial charge in [0.25, 0.3) is 0 Å². The second-order valence-corrected chi connectivity index (χ2v) is 5.37. The standard InChI is InChI=1S/C14H19ClN2O2/c15-12-4-1-3-11(7-12)8-16-14(19)10-17-6-2-5-13(18)9-17/h1,3-4,7,13,18H,2,5-6,8-10H2,(H,16,19). The number of halogens is 1. The number of nitrogens with one attached hydrogen (secondary N) is 1.